The Morgan fingerprint density at radius 3 is 2.19 bits per heavy atom. The van der Waals surface area contributed by atoms with E-state index in [1.807, 2.05) is 19.1 Å². The second-order valence-corrected chi connectivity index (χ2v) is 4.05. The van der Waals surface area contributed by atoms with Crippen LogP contribution in [0.2, 0.25) is 0 Å². The molecule has 1 heterocycles. The van der Waals surface area contributed by atoms with Gasteiger partial charge in [0.2, 0.25) is 0 Å². The molecule has 0 aliphatic carbocycles. The van der Waals surface area contributed by atoms with Gasteiger partial charge in [0.15, 0.2) is 0 Å². The molecule has 1 aliphatic rings. The lowest BCUT2D eigenvalue weighted by molar-refractivity contribution is 0.0558. The van der Waals surface area contributed by atoms with Gasteiger partial charge in [-0.3, -0.25) is 4.90 Å². The molecule has 88 valence electrons. The molecular formula is C13H19NO2. The molecule has 1 aliphatic heterocycles. The summed E-state index contributed by atoms with van der Waals surface area (Å²) < 4.78 is 5.41. The van der Waals surface area contributed by atoms with Crippen LogP contribution in [0.15, 0.2) is 36.7 Å². The zero-order valence-corrected chi connectivity index (χ0v) is 10.1. The van der Waals surface area contributed by atoms with Crippen molar-refractivity contribution in [2.24, 2.45) is 5.92 Å². The first-order valence-electron chi connectivity index (χ1n) is 5.65. The second kappa shape index (κ2) is 6.16. The van der Waals surface area contributed by atoms with Crippen LogP contribution in [0.25, 0.3) is 0 Å². The number of amides is 1. The molecule has 16 heavy (non-hydrogen) atoms. The van der Waals surface area contributed by atoms with Crippen molar-refractivity contribution in [2.75, 3.05) is 0 Å². The van der Waals surface area contributed by atoms with Gasteiger partial charge >= 0.3 is 6.09 Å². The maximum absolute atomic E-state index is 11.8. The summed E-state index contributed by atoms with van der Waals surface area (Å²) in [6, 6.07) is 0. The van der Waals surface area contributed by atoms with E-state index in [1.54, 1.807) is 24.6 Å². The molecule has 0 N–H and O–H groups in total. The van der Waals surface area contributed by atoms with E-state index >= 15 is 0 Å². The zero-order chi connectivity index (χ0) is 12.0. The summed E-state index contributed by atoms with van der Waals surface area (Å²) >= 11 is 0. The average molecular weight is 221 g/mol. The zero-order valence-electron chi connectivity index (χ0n) is 10.1. The molecule has 1 rings (SSSR count). The van der Waals surface area contributed by atoms with Gasteiger partial charge in [-0.1, -0.05) is 32.9 Å². The molecule has 0 radical (unpaired) electrons. The molecule has 1 unspecified atom stereocenters. The van der Waals surface area contributed by atoms with Crippen molar-refractivity contribution in [2.45, 2.75) is 33.3 Å². The van der Waals surface area contributed by atoms with E-state index in [4.69, 9.17) is 4.74 Å². The van der Waals surface area contributed by atoms with Gasteiger partial charge in [-0.05, 0) is 24.5 Å². The number of hydrogen-bond acceptors (Lipinski definition) is 2. The molecule has 0 saturated heterocycles. The van der Waals surface area contributed by atoms with Gasteiger partial charge in [-0.15, -0.1) is 0 Å². The van der Waals surface area contributed by atoms with Gasteiger partial charge in [0.1, 0.15) is 6.10 Å². The van der Waals surface area contributed by atoms with Crippen LogP contribution >= 0.6 is 0 Å². The third-order valence-corrected chi connectivity index (χ3v) is 2.44. The first-order chi connectivity index (χ1) is 7.65. The largest absolute Gasteiger partial charge is 0.445 e. The van der Waals surface area contributed by atoms with E-state index in [1.165, 1.54) is 4.90 Å². The van der Waals surface area contributed by atoms with E-state index in [-0.39, 0.29) is 12.2 Å². The highest BCUT2D eigenvalue weighted by Crippen LogP contribution is 2.13. The van der Waals surface area contributed by atoms with E-state index in [9.17, 15) is 4.79 Å². The molecule has 0 aromatic heterocycles. The van der Waals surface area contributed by atoms with Crippen molar-refractivity contribution >= 4 is 6.09 Å². The van der Waals surface area contributed by atoms with E-state index < -0.39 is 0 Å². The molecular weight excluding hydrogens is 202 g/mol. The van der Waals surface area contributed by atoms with Gasteiger partial charge in [-0.2, -0.15) is 0 Å². The number of hydrogen-bond donors (Lipinski definition) is 0. The predicted octanol–water partition coefficient (Wildman–Crippen LogP) is 3.46. The number of allylic oxidation sites excluding steroid dienone is 4. The lowest BCUT2D eigenvalue weighted by Gasteiger charge is -2.22. The van der Waals surface area contributed by atoms with Crippen LogP contribution in [0.4, 0.5) is 4.79 Å². The smallest absolute Gasteiger partial charge is 0.418 e. The van der Waals surface area contributed by atoms with Crippen LogP contribution < -0.4 is 0 Å². The molecule has 3 nitrogen and oxygen atoms in total. The monoisotopic (exact) mass is 221 g/mol. The van der Waals surface area contributed by atoms with Crippen molar-refractivity contribution in [1.82, 2.24) is 4.90 Å². The highest BCUT2D eigenvalue weighted by atomic mass is 16.6. The van der Waals surface area contributed by atoms with Crippen LogP contribution in [-0.2, 0) is 4.74 Å². The molecule has 0 spiro atoms. The van der Waals surface area contributed by atoms with Crippen molar-refractivity contribution in [3.05, 3.63) is 36.7 Å². The number of carbonyl (C=O) groups is 1. The maximum Gasteiger partial charge on any atom is 0.418 e. The highest BCUT2D eigenvalue weighted by Gasteiger charge is 2.18. The lowest BCUT2D eigenvalue weighted by Crippen LogP contribution is -2.29. The average Bonchev–Trinajstić information content (AvgIpc) is 2.53. The summed E-state index contributed by atoms with van der Waals surface area (Å²) in [6.07, 6.45) is 11.2. The number of carbonyl (C=O) groups excluding carboxylic acids is 1. The Labute approximate surface area is 97.1 Å². The molecule has 1 amide bonds. The van der Waals surface area contributed by atoms with Crippen molar-refractivity contribution in [3.63, 3.8) is 0 Å². The Morgan fingerprint density at radius 2 is 1.75 bits per heavy atom. The first kappa shape index (κ1) is 12.6. The normalized spacial score (nSPS) is 16.4. The Hall–Kier alpha value is -1.51. The van der Waals surface area contributed by atoms with E-state index in [2.05, 4.69) is 13.8 Å². The molecule has 0 aromatic rings. The maximum atomic E-state index is 11.8. The SMILES string of the molecule is CCC(OC(=O)N1C=CC=CC=C1)C(C)C. The van der Waals surface area contributed by atoms with Gasteiger partial charge in [0.05, 0.1) is 0 Å². The molecule has 0 aromatic carbocycles. The van der Waals surface area contributed by atoms with Gasteiger partial charge < -0.3 is 4.74 Å². The van der Waals surface area contributed by atoms with Gasteiger partial charge in [0.25, 0.3) is 0 Å². The Balaban J connectivity index is 2.57. The second-order valence-electron chi connectivity index (χ2n) is 4.05. The fourth-order valence-electron chi connectivity index (χ4n) is 1.47. The molecule has 3 heteroatoms. The Morgan fingerprint density at radius 1 is 1.19 bits per heavy atom. The molecule has 0 bridgehead atoms. The van der Waals surface area contributed by atoms with Crippen LogP contribution in [0.3, 0.4) is 0 Å². The van der Waals surface area contributed by atoms with Crippen LogP contribution in [-0.4, -0.2) is 17.1 Å². The highest BCUT2D eigenvalue weighted by molar-refractivity contribution is 5.70. The topological polar surface area (TPSA) is 29.5 Å². The lowest BCUT2D eigenvalue weighted by atomic mass is 10.1. The van der Waals surface area contributed by atoms with E-state index in [0.717, 1.165) is 6.42 Å². The summed E-state index contributed by atoms with van der Waals surface area (Å²) in [5.74, 6) is 0.340. The molecule has 0 fully saturated rings. The predicted molar refractivity (Wildman–Crippen MR) is 64.7 cm³/mol. The minimum absolute atomic E-state index is 0.0227. The Bertz CT molecular complexity index is 300. The third-order valence-electron chi connectivity index (χ3n) is 2.44. The standard InChI is InChI=1S/C13H19NO2/c1-4-12(11(2)3)16-13(15)14-9-7-5-6-8-10-14/h5-12H,4H2,1-3H3. The fraction of sp³-hybridized carbons (Fsp3) is 0.462. The number of nitrogens with zero attached hydrogens (tertiary/aromatic N) is 1. The van der Waals surface area contributed by atoms with Gasteiger partial charge in [0, 0.05) is 12.4 Å². The summed E-state index contributed by atoms with van der Waals surface area (Å²) in [6.45, 7) is 6.13. The summed E-state index contributed by atoms with van der Waals surface area (Å²) in [4.78, 5) is 13.2. The van der Waals surface area contributed by atoms with Crippen molar-refractivity contribution in [1.29, 1.82) is 0 Å². The van der Waals surface area contributed by atoms with Crippen LogP contribution in [0.5, 0.6) is 0 Å². The van der Waals surface area contributed by atoms with Crippen molar-refractivity contribution < 1.29 is 9.53 Å². The summed E-state index contributed by atoms with van der Waals surface area (Å²) in [7, 11) is 0. The third kappa shape index (κ3) is 3.57. The minimum Gasteiger partial charge on any atom is -0.445 e. The van der Waals surface area contributed by atoms with Gasteiger partial charge in [-0.25, -0.2) is 4.79 Å². The summed E-state index contributed by atoms with van der Waals surface area (Å²) in [5.41, 5.74) is 0. The van der Waals surface area contributed by atoms with E-state index in [0.29, 0.717) is 5.92 Å². The number of rotatable bonds is 3. The van der Waals surface area contributed by atoms with Crippen LogP contribution in [0, 0.1) is 5.92 Å². The first-order valence-corrected chi connectivity index (χ1v) is 5.65. The molecule has 1 atom stereocenters. The summed E-state index contributed by atoms with van der Waals surface area (Å²) in [5, 5.41) is 0. The minimum atomic E-state index is -0.322. The van der Waals surface area contributed by atoms with Crippen LogP contribution in [0.1, 0.15) is 27.2 Å². The Kier molecular flexibility index (Phi) is 4.83. The molecule has 0 saturated carbocycles. The van der Waals surface area contributed by atoms with Crippen molar-refractivity contribution in [3.8, 4) is 0 Å². The number of ether oxygens (including phenoxy) is 1. The quantitative estimate of drug-likeness (QED) is 0.730. The fourth-order valence-corrected chi connectivity index (χ4v) is 1.47.